The fourth-order valence-electron chi connectivity index (χ4n) is 3.66. The van der Waals surface area contributed by atoms with Crippen LogP contribution in [0.2, 0.25) is 0 Å². The number of ether oxygens (including phenoxy) is 1. The maximum Gasteiger partial charge on any atom is 0.259 e. The molecule has 0 bridgehead atoms. The van der Waals surface area contributed by atoms with Gasteiger partial charge in [-0.1, -0.05) is 55.1 Å². The average molecular weight is 398 g/mol. The van der Waals surface area contributed by atoms with Crippen molar-refractivity contribution >= 4 is 23.2 Å². The zero-order valence-electron chi connectivity index (χ0n) is 16.7. The van der Waals surface area contributed by atoms with Gasteiger partial charge in [-0.05, 0) is 29.8 Å². The number of hydrogen-bond acceptors (Lipinski definition) is 3. The number of anilines is 1. The smallest absolute Gasteiger partial charge is 0.259 e. The normalized spacial score (nSPS) is 12.6. The van der Waals surface area contributed by atoms with Crippen molar-refractivity contribution in [3.8, 4) is 5.75 Å². The lowest BCUT2D eigenvalue weighted by molar-refractivity contribution is -0.116. The number of carbonyl (C=O) groups excluding carboxylic acids is 2. The highest BCUT2D eigenvalue weighted by atomic mass is 16.5. The number of rotatable bonds is 6. The Labute approximate surface area is 175 Å². The molecular weight excluding hydrogens is 376 g/mol. The topological polar surface area (TPSA) is 58.6 Å². The SMILES string of the molecule is C=C1c2ccccc2C(=O)N1CC(=O)Nc1ccc(OC)c(Cc2ccccc2)c1. The molecule has 0 saturated heterocycles. The predicted octanol–water partition coefficient (Wildman–Crippen LogP) is 4.35. The van der Waals surface area contributed by atoms with E-state index in [0.29, 0.717) is 23.4 Å². The van der Waals surface area contributed by atoms with Crippen molar-refractivity contribution in [1.29, 1.82) is 0 Å². The Balaban J connectivity index is 1.48. The lowest BCUT2D eigenvalue weighted by Gasteiger charge is -2.17. The number of fused-ring (bicyclic) bond motifs is 1. The highest BCUT2D eigenvalue weighted by Crippen LogP contribution is 2.31. The molecule has 150 valence electrons. The Kier molecular flexibility index (Phi) is 5.35. The second kappa shape index (κ2) is 8.25. The molecule has 0 fully saturated rings. The number of amides is 2. The first-order chi connectivity index (χ1) is 14.6. The zero-order chi connectivity index (χ0) is 21.1. The molecule has 3 aromatic carbocycles. The van der Waals surface area contributed by atoms with Crippen molar-refractivity contribution in [2.75, 3.05) is 19.0 Å². The summed E-state index contributed by atoms with van der Waals surface area (Å²) in [5.41, 5.74) is 4.66. The largest absolute Gasteiger partial charge is 0.496 e. The lowest BCUT2D eigenvalue weighted by Crippen LogP contribution is -2.32. The average Bonchev–Trinajstić information content (AvgIpc) is 3.00. The van der Waals surface area contributed by atoms with Crippen molar-refractivity contribution in [2.24, 2.45) is 0 Å². The molecule has 1 heterocycles. The van der Waals surface area contributed by atoms with Crippen LogP contribution in [0.5, 0.6) is 5.75 Å². The summed E-state index contributed by atoms with van der Waals surface area (Å²) in [4.78, 5) is 26.7. The van der Waals surface area contributed by atoms with Crippen molar-refractivity contribution in [3.05, 3.63) is 102 Å². The Morgan fingerprint density at radius 3 is 2.40 bits per heavy atom. The van der Waals surface area contributed by atoms with E-state index in [1.807, 2.05) is 54.6 Å². The summed E-state index contributed by atoms with van der Waals surface area (Å²) in [6, 6.07) is 22.8. The van der Waals surface area contributed by atoms with E-state index in [1.165, 1.54) is 4.90 Å². The van der Waals surface area contributed by atoms with Gasteiger partial charge in [0.15, 0.2) is 0 Å². The highest BCUT2D eigenvalue weighted by Gasteiger charge is 2.31. The Bertz CT molecular complexity index is 1090. The third kappa shape index (κ3) is 3.82. The van der Waals surface area contributed by atoms with E-state index in [-0.39, 0.29) is 18.4 Å². The molecule has 0 radical (unpaired) electrons. The van der Waals surface area contributed by atoms with E-state index in [0.717, 1.165) is 22.4 Å². The summed E-state index contributed by atoms with van der Waals surface area (Å²) in [7, 11) is 1.63. The number of hydrogen-bond donors (Lipinski definition) is 1. The first-order valence-electron chi connectivity index (χ1n) is 9.67. The molecule has 1 aliphatic rings. The minimum absolute atomic E-state index is 0.0909. The van der Waals surface area contributed by atoms with Crippen LogP contribution in [-0.4, -0.2) is 30.4 Å². The van der Waals surface area contributed by atoms with Crippen LogP contribution in [0.4, 0.5) is 5.69 Å². The molecule has 30 heavy (non-hydrogen) atoms. The van der Waals surface area contributed by atoms with Gasteiger partial charge in [-0.2, -0.15) is 0 Å². The summed E-state index contributed by atoms with van der Waals surface area (Å²) in [6.45, 7) is 3.89. The van der Waals surface area contributed by atoms with Crippen LogP contribution in [0.15, 0.2) is 79.4 Å². The summed E-state index contributed by atoms with van der Waals surface area (Å²) >= 11 is 0. The van der Waals surface area contributed by atoms with Crippen LogP contribution >= 0.6 is 0 Å². The molecule has 0 aromatic heterocycles. The number of nitrogens with one attached hydrogen (secondary N) is 1. The second-order valence-corrected chi connectivity index (χ2v) is 7.12. The maximum absolute atomic E-state index is 12.7. The number of carbonyl (C=O) groups is 2. The van der Waals surface area contributed by atoms with Crippen LogP contribution < -0.4 is 10.1 Å². The van der Waals surface area contributed by atoms with E-state index in [4.69, 9.17) is 4.74 Å². The first-order valence-corrected chi connectivity index (χ1v) is 9.67. The molecule has 1 aliphatic heterocycles. The molecule has 5 heteroatoms. The third-order valence-corrected chi connectivity index (χ3v) is 5.14. The Morgan fingerprint density at radius 2 is 1.70 bits per heavy atom. The van der Waals surface area contributed by atoms with Gasteiger partial charge < -0.3 is 10.1 Å². The molecular formula is C25H22N2O3. The van der Waals surface area contributed by atoms with Crippen molar-refractivity contribution < 1.29 is 14.3 Å². The van der Waals surface area contributed by atoms with Gasteiger partial charge in [0.05, 0.1) is 7.11 Å². The van der Waals surface area contributed by atoms with Crippen LogP contribution in [0.3, 0.4) is 0 Å². The molecule has 0 aliphatic carbocycles. The Hall–Kier alpha value is -3.86. The van der Waals surface area contributed by atoms with Crippen LogP contribution in [-0.2, 0) is 11.2 Å². The number of methoxy groups -OCH3 is 1. The summed E-state index contributed by atoms with van der Waals surface area (Å²) in [5, 5.41) is 2.88. The molecule has 0 saturated carbocycles. The summed E-state index contributed by atoms with van der Waals surface area (Å²) < 4.78 is 5.47. The zero-order valence-corrected chi connectivity index (χ0v) is 16.7. The fraction of sp³-hybridized carbons (Fsp3) is 0.120. The van der Waals surface area contributed by atoms with Crippen molar-refractivity contribution in [3.63, 3.8) is 0 Å². The fourth-order valence-corrected chi connectivity index (χ4v) is 3.66. The van der Waals surface area contributed by atoms with E-state index < -0.39 is 0 Å². The van der Waals surface area contributed by atoms with E-state index >= 15 is 0 Å². The van der Waals surface area contributed by atoms with Gasteiger partial charge in [0.2, 0.25) is 5.91 Å². The number of nitrogens with zero attached hydrogens (tertiary/aromatic N) is 1. The minimum atomic E-state index is -0.284. The van der Waals surface area contributed by atoms with Crippen LogP contribution in [0.1, 0.15) is 27.0 Å². The molecule has 0 spiro atoms. The Morgan fingerprint density at radius 1 is 1.00 bits per heavy atom. The van der Waals surface area contributed by atoms with E-state index in [9.17, 15) is 9.59 Å². The summed E-state index contributed by atoms with van der Waals surface area (Å²) in [6.07, 6.45) is 0.685. The van der Waals surface area contributed by atoms with Gasteiger partial charge >= 0.3 is 0 Å². The van der Waals surface area contributed by atoms with Gasteiger partial charge in [0.25, 0.3) is 5.91 Å². The monoisotopic (exact) mass is 398 g/mol. The van der Waals surface area contributed by atoms with Gasteiger partial charge in [0, 0.05) is 34.5 Å². The molecule has 3 aromatic rings. The second-order valence-electron chi connectivity index (χ2n) is 7.12. The van der Waals surface area contributed by atoms with Crippen LogP contribution in [0.25, 0.3) is 5.70 Å². The molecule has 1 N–H and O–H groups in total. The van der Waals surface area contributed by atoms with Crippen molar-refractivity contribution in [1.82, 2.24) is 4.90 Å². The number of benzene rings is 3. The quantitative estimate of drug-likeness (QED) is 0.672. The molecule has 5 nitrogen and oxygen atoms in total. The van der Waals surface area contributed by atoms with E-state index in [2.05, 4.69) is 11.9 Å². The van der Waals surface area contributed by atoms with Crippen molar-refractivity contribution in [2.45, 2.75) is 6.42 Å². The van der Waals surface area contributed by atoms with Gasteiger partial charge in [-0.15, -0.1) is 0 Å². The molecule has 2 amide bonds. The first kappa shape index (κ1) is 19.5. The van der Waals surface area contributed by atoms with Crippen LogP contribution in [0, 0.1) is 0 Å². The lowest BCUT2D eigenvalue weighted by atomic mass is 10.0. The molecule has 0 atom stereocenters. The predicted molar refractivity (Wildman–Crippen MR) is 117 cm³/mol. The maximum atomic E-state index is 12.7. The van der Waals surface area contributed by atoms with Gasteiger partial charge in [-0.3, -0.25) is 14.5 Å². The summed E-state index contributed by atoms with van der Waals surface area (Å²) in [5.74, 6) is 0.272. The molecule has 4 rings (SSSR count). The van der Waals surface area contributed by atoms with Gasteiger partial charge in [-0.25, -0.2) is 0 Å². The minimum Gasteiger partial charge on any atom is -0.496 e. The third-order valence-electron chi connectivity index (χ3n) is 5.14. The van der Waals surface area contributed by atoms with E-state index in [1.54, 1.807) is 25.3 Å². The van der Waals surface area contributed by atoms with Gasteiger partial charge in [0.1, 0.15) is 12.3 Å². The molecule has 0 unspecified atom stereocenters. The highest BCUT2D eigenvalue weighted by molar-refractivity contribution is 6.11. The standard InChI is InChI=1S/C25H22N2O3/c1-17-21-10-6-7-11-22(21)25(29)27(17)16-24(28)26-20-12-13-23(30-2)19(15-20)14-18-8-4-3-5-9-18/h3-13,15H,1,14,16H2,2H3,(H,26,28).